The van der Waals surface area contributed by atoms with E-state index >= 15 is 0 Å². The Kier molecular flexibility index (Phi) is 4.26. The topological polar surface area (TPSA) is 98.1 Å². The van der Waals surface area contributed by atoms with Crippen LogP contribution in [0.2, 0.25) is 0 Å². The van der Waals surface area contributed by atoms with E-state index in [1.54, 1.807) is 0 Å². The zero-order valence-electron chi connectivity index (χ0n) is 4.93. The molecule has 0 aromatic heterocycles. The van der Waals surface area contributed by atoms with Crippen LogP contribution >= 0.6 is 12.6 Å². The summed E-state index contributed by atoms with van der Waals surface area (Å²) < 4.78 is 0. The third-order valence-corrected chi connectivity index (χ3v) is 1.10. The van der Waals surface area contributed by atoms with Gasteiger partial charge in [-0.2, -0.15) is 17.5 Å². The number of nitrogens with zero attached hydrogens (tertiary/aromatic N) is 3. The van der Waals surface area contributed by atoms with Crippen molar-refractivity contribution in [1.29, 1.82) is 0 Å². The zero-order valence-corrected chi connectivity index (χ0v) is 5.82. The van der Waals surface area contributed by atoms with E-state index in [0.717, 1.165) is 0 Å². The molecule has 0 aromatic carbocycles. The summed E-state index contributed by atoms with van der Waals surface area (Å²) in [6.45, 7) is 0. The summed E-state index contributed by atoms with van der Waals surface area (Å²) in [4.78, 5) is 12.5. The molecule has 10 heavy (non-hydrogen) atoms. The van der Waals surface area contributed by atoms with E-state index in [1.165, 1.54) is 0 Å². The first-order valence-corrected chi connectivity index (χ1v) is 2.99. The number of carbonyl (C=O) groups is 1. The molecular formula is C3H6N4O2S. The molecule has 0 aliphatic rings. The van der Waals surface area contributed by atoms with Gasteiger partial charge in [0, 0.05) is 5.75 Å². The summed E-state index contributed by atoms with van der Waals surface area (Å²) in [5.41, 5.74) is 9.82. The Morgan fingerprint density at radius 3 is 2.90 bits per heavy atom. The third-order valence-electron chi connectivity index (χ3n) is 0.739. The first-order chi connectivity index (χ1) is 4.72. The van der Waals surface area contributed by atoms with E-state index in [0.29, 0.717) is 0 Å². The zero-order chi connectivity index (χ0) is 7.98. The van der Waals surface area contributed by atoms with Gasteiger partial charge in [-0.15, -0.1) is 5.53 Å². The second kappa shape index (κ2) is 4.78. The molecule has 56 valence electrons. The van der Waals surface area contributed by atoms with Crippen molar-refractivity contribution in [3.63, 3.8) is 0 Å². The Labute approximate surface area is 62.2 Å². The SMILES string of the molecule is [N-]=[N+]=NNC(CS)C(=O)O. The first kappa shape index (κ1) is 8.93. The fraction of sp³-hybridized carbons (Fsp3) is 0.667. The predicted octanol–water partition coefficient (Wildman–Crippen LogP) is 0.184. The van der Waals surface area contributed by atoms with Gasteiger partial charge in [-0.05, 0) is 5.22 Å². The number of carboxylic acids is 1. The lowest BCUT2D eigenvalue weighted by Crippen LogP contribution is -2.34. The van der Waals surface area contributed by atoms with E-state index in [9.17, 15) is 4.79 Å². The van der Waals surface area contributed by atoms with Crippen LogP contribution in [0.1, 0.15) is 0 Å². The Hall–Kier alpha value is -1.07. The molecule has 1 atom stereocenters. The van der Waals surface area contributed by atoms with Crippen LogP contribution in [-0.4, -0.2) is 22.9 Å². The molecule has 0 aliphatic carbocycles. The molecule has 0 amide bonds. The first-order valence-electron chi connectivity index (χ1n) is 2.35. The number of azide groups is 1. The quantitative estimate of drug-likeness (QED) is 0.181. The van der Waals surface area contributed by atoms with Crippen LogP contribution in [0.4, 0.5) is 0 Å². The van der Waals surface area contributed by atoms with Gasteiger partial charge in [-0.1, -0.05) is 0 Å². The van der Waals surface area contributed by atoms with E-state index in [1.807, 2.05) is 0 Å². The maximum absolute atomic E-state index is 10.1. The molecule has 0 heterocycles. The number of rotatable bonds is 4. The Balaban J connectivity index is 3.82. The standard InChI is InChI=1S/C3H6N4O2S/c4-6-7-5-2(1-10)3(8)9/h2,5,10H,1H2,(H,8,9). The molecule has 0 bridgehead atoms. The minimum Gasteiger partial charge on any atom is -0.478 e. The van der Waals surface area contributed by atoms with Crippen molar-refractivity contribution in [1.82, 2.24) is 5.43 Å². The highest BCUT2D eigenvalue weighted by atomic mass is 32.1. The maximum atomic E-state index is 10.1. The number of hydrogen-bond acceptors (Lipinski definition) is 3. The molecule has 0 saturated carbocycles. The summed E-state index contributed by atoms with van der Waals surface area (Å²) in [7, 11) is 0. The molecule has 1 unspecified atom stereocenters. The fourth-order valence-electron chi connectivity index (χ4n) is 0.270. The van der Waals surface area contributed by atoms with Crippen molar-refractivity contribution in [2.45, 2.75) is 6.04 Å². The monoisotopic (exact) mass is 162 g/mol. The van der Waals surface area contributed by atoms with E-state index in [2.05, 4.69) is 28.2 Å². The van der Waals surface area contributed by atoms with Crippen LogP contribution in [0.5, 0.6) is 0 Å². The molecule has 0 fully saturated rings. The lowest BCUT2D eigenvalue weighted by atomic mass is 10.4. The van der Waals surface area contributed by atoms with Gasteiger partial charge in [0.15, 0.2) is 0 Å². The smallest absolute Gasteiger partial charge is 0.349 e. The number of nitrogens with one attached hydrogen (secondary N) is 1. The van der Waals surface area contributed by atoms with Crippen LogP contribution in [0, 0.1) is 0 Å². The number of thiol groups is 1. The van der Waals surface area contributed by atoms with Gasteiger partial charge in [0.2, 0.25) is 6.04 Å². The highest BCUT2D eigenvalue weighted by Gasteiger charge is 2.16. The van der Waals surface area contributed by atoms with Crippen molar-refractivity contribution >= 4 is 18.6 Å². The van der Waals surface area contributed by atoms with E-state index < -0.39 is 12.0 Å². The average Bonchev–Trinajstić information content (AvgIpc) is 1.89. The van der Waals surface area contributed by atoms with Gasteiger partial charge in [0.25, 0.3) is 0 Å². The normalized spacial score (nSPS) is 11.3. The molecule has 0 aliphatic heterocycles. The van der Waals surface area contributed by atoms with Crippen molar-refractivity contribution < 1.29 is 9.90 Å². The Bertz CT molecular complexity index is 166. The second-order valence-electron chi connectivity index (χ2n) is 1.39. The van der Waals surface area contributed by atoms with Gasteiger partial charge in [0.1, 0.15) is 0 Å². The van der Waals surface area contributed by atoms with Gasteiger partial charge < -0.3 is 5.11 Å². The maximum Gasteiger partial charge on any atom is 0.349 e. The summed E-state index contributed by atoms with van der Waals surface area (Å²) in [5.74, 6) is -1.02. The lowest BCUT2D eigenvalue weighted by molar-refractivity contribution is -0.138. The minimum absolute atomic E-state index is 0.0777. The van der Waals surface area contributed by atoms with Gasteiger partial charge >= 0.3 is 5.97 Å². The molecule has 0 spiro atoms. The molecular weight excluding hydrogens is 156 g/mol. The molecule has 7 heteroatoms. The van der Waals surface area contributed by atoms with Gasteiger partial charge in [0.05, 0.1) is 0 Å². The Morgan fingerprint density at radius 1 is 2.00 bits per heavy atom. The van der Waals surface area contributed by atoms with E-state index in [-0.39, 0.29) is 5.75 Å². The number of carboxylic acid groups (broad SMARTS) is 1. The molecule has 6 nitrogen and oxygen atoms in total. The lowest BCUT2D eigenvalue weighted by Gasteiger charge is -2.01. The Morgan fingerprint density at radius 2 is 2.60 bits per heavy atom. The molecule has 2 N–H and O–H groups in total. The summed E-state index contributed by atoms with van der Waals surface area (Å²) in [6.07, 6.45) is 0. The van der Waals surface area contributed by atoms with E-state index in [4.69, 9.17) is 10.6 Å². The van der Waals surface area contributed by atoms with Gasteiger partial charge in [-0.25, -0.2) is 10.2 Å². The minimum atomic E-state index is -1.10. The average molecular weight is 162 g/mol. The number of hydrogen-bond donors (Lipinski definition) is 3. The highest BCUT2D eigenvalue weighted by Crippen LogP contribution is 1.87. The predicted molar refractivity (Wildman–Crippen MR) is 37.6 cm³/mol. The summed E-state index contributed by atoms with van der Waals surface area (Å²) >= 11 is 3.70. The van der Waals surface area contributed by atoms with Crippen LogP contribution in [-0.2, 0) is 4.79 Å². The van der Waals surface area contributed by atoms with Gasteiger partial charge in [-0.3, -0.25) is 0 Å². The summed E-state index contributed by atoms with van der Waals surface area (Å²) in [6, 6.07) is -0.917. The van der Waals surface area contributed by atoms with Crippen LogP contribution in [0.15, 0.2) is 5.22 Å². The molecule has 0 rings (SSSR count). The number of aliphatic carboxylic acids is 1. The fourth-order valence-corrected chi connectivity index (χ4v) is 0.507. The molecule has 0 aromatic rings. The van der Waals surface area contributed by atoms with Crippen LogP contribution < -0.4 is 5.43 Å². The van der Waals surface area contributed by atoms with Crippen LogP contribution in [0.25, 0.3) is 10.4 Å². The van der Waals surface area contributed by atoms with Crippen molar-refractivity contribution in [2.24, 2.45) is 5.22 Å². The third kappa shape index (κ3) is 3.06. The highest BCUT2D eigenvalue weighted by molar-refractivity contribution is 7.80. The summed E-state index contributed by atoms with van der Waals surface area (Å²) in [5, 5.41) is 11.2. The largest absolute Gasteiger partial charge is 0.478 e. The molecule has 0 saturated heterocycles. The van der Waals surface area contributed by atoms with Crippen molar-refractivity contribution in [3.05, 3.63) is 10.4 Å². The molecule has 0 radical (unpaired) electrons. The van der Waals surface area contributed by atoms with Crippen LogP contribution in [0.3, 0.4) is 0 Å². The second-order valence-corrected chi connectivity index (χ2v) is 1.76. The van der Waals surface area contributed by atoms with Crippen molar-refractivity contribution in [2.75, 3.05) is 5.75 Å². The van der Waals surface area contributed by atoms with Crippen molar-refractivity contribution in [3.8, 4) is 0 Å².